The van der Waals surface area contributed by atoms with Crippen LogP contribution in [-0.4, -0.2) is 48.3 Å². The summed E-state index contributed by atoms with van der Waals surface area (Å²) < 4.78 is 22.2. The van der Waals surface area contributed by atoms with Crippen molar-refractivity contribution in [1.29, 1.82) is 0 Å². The van der Waals surface area contributed by atoms with E-state index in [4.69, 9.17) is 5.11 Å². The van der Waals surface area contributed by atoms with Crippen LogP contribution in [-0.2, 0) is 9.84 Å². The number of sulfone groups is 1. The van der Waals surface area contributed by atoms with Gasteiger partial charge in [0.05, 0.1) is 5.75 Å². The maximum atomic E-state index is 11.3. The number of ketones is 1. The highest BCUT2D eigenvalue weighted by atomic mass is 32.2. The predicted octanol–water partition coefficient (Wildman–Crippen LogP) is 0.889. The molecule has 9 heteroatoms. The van der Waals surface area contributed by atoms with E-state index in [-0.39, 0.29) is 21.5 Å². The van der Waals surface area contributed by atoms with Gasteiger partial charge in [-0.05, 0) is 6.92 Å². The number of nitrogens with zero attached hydrogens (tertiary/aromatic N) is 1. The zero-order valence-electron chi connectivity index (χ0n) is 10.6. The van der Waals surface area contributed by atoms with E-state index in [9.17, 15) is 18.0 Å². The number of aromatic nitrogens is 1. The third kappa shape index (κ3) is 4.60. The number of carboxylic acid groups (broad SMARTS) is 1. The topological polar surface area (TPSA) is 113 Å². The Hall–Kier alpha value is -1.48. The highest BCUT2D eigenvalue weighted by molar-refractivity contribution is 7.90. The zero-order chi connectivity index (χ0) is 14.8. The van der Waals surface area contributed by atoms with Gasteiger partial charge in [0.1, 0.15) is 14.7 Å². The first kappa shape index (κ1) is 15.6. The first-order valence-corrected chi connectivity index (χ1v) is 8.17. The van der Waals surface area contributed by atoms with Gasteiger partial charge in [-0.1, -0.05) is 11.3 Å². The van der Waals surface area contributed by atoms with Crippen molar-refractivity contribution in [2.24, 2.45) is 0 Å². The maximum absolute atomic E-state index is 11.3. The molecular weight excluding hydrogens is 292 g/mol. The summed E-state index contributed by atoms with van der Waals surface area (Å²) in [5.74, 6) is -1.78. The lowest BCUT2D eigenvalue weighted by Gasteiger charge is -2.10. The van der Waals surface area contributed by atoms with Crippen molar-refractivity contribution in [2.75, 3.05) is 17.3 Å². The van der Waals surface area contributed by atoms with Crippen LogP contribution < -0.4 is 5.32 Å². The van der Waals surface area contributed by atoms with Crippen molar-refractivity contribution in [3.63, 3.8) is 0 Å². The number of aromatic carboxylic acids is 1. The predicted molar refractivity (Wildman–Crippen MR) is 71.9 cm³/mol. The highest BCUT2D eigenvalue weighted by Crippen LogP contribution is 2.24. The quantitative estimate of drug-likeness (QED) is 0.750. The van der Waals surface area contributed by atoms with E-state index in [0.29, 0.717) is 0 Å². The Balaban J connectivity index is 2.94. The number of hydrogen-bond donors (Lipinski definition) is 2. The Bertz CT molecular complexity index is 574. The van der Waals surface area contributed by atoms with E-state index in [0.717, 1.165) is 17.6 Å². The monoisotopic (exact) mass is 306 g/mol. The average molecular weight is 306 g/mol. The van der Waals surface area contributed by atoms with Crippen molar-refractivity contribution in [1.82, 2.24) is 4.98 Å². The molecule has 0 aromatic carbocycles. The zero-order valence-corrected chi connectivity index (χ0v) is 12.3. The number of anilines is 1. The minimum absolute atomic E-state index is 0.0431. The number of rotatable bonds is 6. The smallest absolute Gasteiger partial charge is 0.356 e. The normalized spacial score (nSPS) is 13.0. The molecule has 1 heterocycles. The maximum Gasteiger partial charge on any atom is 0.356 e. The van der Waals surface area contributed by atoms with E-state index in [1.807, 2.05) is 0 Å². The molecule has 0 bridgehead atoms. The minimum atomic E-state index is -3.15. The SMILES string of the molecule is CC(=O)c1sc(NC(C)CS(C)(=O)=O)nc1C(=O)O. The van der Waals surface area contributed by atoms with Gasteiger partial charge in [-0.15, -0.1) is 0 Å². The molecule has 0 aliphatic rings. The minimum Gasteiger partial charge on any atom is -0.476 e. The lowest BCUT2D eigenvalue weighted by molar-refractivity contribution is 0.0687. The van der Waals surface area contributed by atoms with E-state index < -0.39 is 27.6 Å². The van der Waals surface area contributed by atoms with E-state index in [2.05, 4.69) is 10.3 Å². The Morgan fingerprint density at radius 1 is 1.47 bits per heavy atom. The van der Waals surface area contributed by atoms with E-state index in [1.165, 1.54) is 6.92 Å². The van der Waals surface area contributed by atoms with Crippen molar-refractivity contribution in [3.05, 3.63) is 10.6 Å². The molecule has 106 valence electrons. The van der Waals surface area contributed by atoms with Crippen LogP contribution >= 0.6 is 11.3 Å². The standard InChI is InChI=1S/C10H14N2O5S2/c1-5(4-19(3,16)17)11-10-12-7(9(14)15)8(18-10)6(2)13/h5H,4H2,1-3H3,(H,11,12)(H,14,15). The molecule has 0 radical (unpaired) electrons. The van der Waals surface area contributed by atoms with Gasteiger partial charge < -0.3 is 10.4 Å². The van der Waals surface area contributed by atoms with Crippen LogP contribution in [0.25, 0.3) is 0 Å². The summed E-state index contributed by atoms with van der Waals surface area (Å²) in [5.41, 5.74) is -0.313. The molecule has 1 aromatic rings. The molecule has 0 amide bonds. The number of nitrogens with one attached hydrogen (secondary N) is 1. The molecule has 1 aromatic heterocycles. The largest absolute Gasteiger partial charge is 0.476 e. The molecule has 0 aliphatic heterocycles. The summed E-state index contributed by atoms with van der Waals surface area (Å²) in [5, 5.41) is 11.9. The number of carbonyl (C=O) groups is 2. The first-order valence-electron chi connectivity index (χ1n) is 5.29. The third-order valence-corrected chi connectivity index (χ3v) is 4.27. The molecule has 0 fully saturated rings. The second-order valence-electron chi connectivity index (χ2n) is 4.20. The van der Waals surface area contributed by atoms with Crippen LogP contribution in [0.4, 0.5) is 5.13 Å². The molecule has 0 saturated heterocycles. The summed E-state index contributed by atoms with van der Waals surface area (Å²) in [6.07, 6.45) is 1.11. The average Bonchev–Trinajstić information content (AvgIpc) is 2.58. The highest BCUT2D eigenvalue weighted by Gasteiger charge is 2.21. The van der Waals surface area contributed by atoms with Gasteiger partial charge in [0.25, 0.3) is 0 Å². The first-order chi connectivity index (χ1) is 8.60. The fourth-order valence-electron chi connectivity index (χ4n) is 1.47. The molecule has 1 unspecified atom stereocenters. The Morgan fingerprint density at radius 3 is 2.42 bits per heavy atom. The van der Waals surface area contributed by atoms with Crippen LogP contribution in [0.2, 0.25) is 0 Å². The molecular formula is C10H14N2O5S2. The number of carboxylic acids is 1. The molecule has 19 heavy (non-hydrogen) atoms. The summed E-state index contributed by atoms with van der Waals surface area (Å²) in [6, 6.07) is -0.428. The fourth-order valence-corrected chi connectivity index (χ4v) is 3.43. The second kappa shape index (κ2) is 5.66. The van der Waals surface area contributed by atoms with Crippen LogP contribution in [0.3, 0.4) is 0 Å². The van der Waals surface area contributed by atoms with Gasteiger partial charge in [-0.3, -0.25) is 4.79 Å². The number of carbonyl (C=O) groups excluding carboxylic acids is 1. The van der Waals surface area contributed by atoms with Crippen LogP contribution in [0.5, 0.6) is 0 Å². The summed E-state index contributed by atoms with van der Waals surface area (Å²) >= 11 is 0.903. The van der Waals surface area contributed by atoms with Crippen molar-refractivity contribution in [3.8, 4) is 0 Å². The number of hydrogen-bond acceptors (Lipinski definition) is 7. The molecule has 0 aliphatic carbocycles. The van der Waals surface area contributed by atoms with Crippen molar-refractivity contribution < 1.29 is 23.1 Å². The molecule has 2 N–H and O–H groups in total. The van der Waals surface area contributed by atoms with E-state index in [1.54, 1.807) is 6.92 Å². The van der Waals surface area contributed by atoms with Gasteiger partial charge >= 0.3 is 5.97 Å². The number of Topliss-reactive ketones (excluding diaryl/α,β-unsaturated/α-hetero) is 1. The van der Waals surface area contributed by atoms with E-state index >= 15 is 0 Å². The van der Waals surface area contributed by atoms with Gasteiger partial charge in [0, 0.05) is 19.2 Å². The Kier molecular flexibility index (Phi) is 4.64. The van der Waals surface area contributed by atoms with Crippen molar-refractivity contribution >= 4 is 38.1 Å². The van der Waals surface area contributed by atoms with Gasteiger partial charge in [-0.2, -0.15) is 0 Å². The van der Waals surface area contributed by atoms with Crippen LogP contribution in [0.1, 0.15) is 34.0 Å². The molecule has 1 rings (SSSR count). The van der Waals surface area contributed by atoms with Crippen LogP contribution in [0, 0.1) is 0 Å². The van der Waals surface area contributed by atoms with Gasteiger partial charge in [0.2, 0.25) is 0 Å². The second-order valence-corrected chi connectivity index (χ2v) is 7.38. The van der Waals surface area contributed by atoms with Crippen molar-refractivity contribution in [2.45, 2.75) is 19.9 Å². The fraction of sp³-hybridized carbons (Fsp3) is 0.500. The summed E-state index contributed by atoms with van der Waals surface area (Å²) in [6.45, 7) is 2.89. The Morgan fingerprint density at radius 2 is 2.05 bits per heavy atom. The lowest BCUT2D eigenvalue weighted by atomic mass is 10.3. The lowest BCUT2D eigenvalue weighted by Crippen LogP contribution is -2.24. The van der Waals surface area contributed by atoms with Crippen LogP contribution in [0.15, 0.2) is 0 Å². The molecule has 1 atom stereocenters. The number of thiazole rings is 1. The van der Waals surface area contributed by atoms with Gasteiger partial charge in [-0.25, -0.2) is 18.2 Å². The summed E-state index contributed by atoms with van der Waals surface area (Å²) in [4.78, 5) is 26.0. The molecule has 7 nitrogen and oxygen atoms in total. The third-order valence-electron chi connectivity index (χ3n) is 2.07. The summed E-state index contributed by atoms with van der Waals surface area (Å²) in [7, 11) is -3.15. The molecule has 0 saturated carbocycles. The Labute approximate surface area is 114 Å². The molecule has 0 spiro atoms. The van der Waals surface area contributed by atoms with Gasteiger partial charge in [0.15, 0.2) is 16.6 Å².